The first kappa shape index (κ1) is 22.8. The van der Waals surface area contributed by atoms with Crippen molar-refractivity contribution in [2.45, 2.75) is 26.8 Å². The molecule has 7 heteroatoms. The molecule has 31 heavy (non-hydrogen) atoms. The topological polar surface area (TPSA) is 76.3 Å². The first-order valence-electron chi connectivity index (χ1n) is 10.9. The third kappa shape index (κ3) is 5.83. The van der Waals surface area contributed by atoms with Gasteiger partial charge in [0.1, 0.15) is 31.9 Å². The summed E-state index contributed by atoms with van der Waals surface area (Å²) < 4.78 is 5.32. The van der Waals surface area contributed by atoms with Gasteiger partial charge in [0.15, 0.2) is 12.6 Å². The van der Waals surface area contributed by atoms with Gasteiger partial charge >= 0.3 is 0 Å². The van der Waals surface area contributed by atoms with Crippen LogP contribution in [0.3, 0.4) is 0 Å². The molecule has 1 heterocycles. The van der Waals surface area contributed by atoms with Crippen LogP contribution < -0.4 is 25.2 Å². The van der Waals surface area contributed by atoms with Crippen LogP contribution in [0.1, 0.15) is 18.1 Å². The SMILES string of the molecule is COc1ccccc1NC(=O)[C@@H](C)[NH+]1CC[NH+](CC(=O)Nc2c(C)cccc2C)CC1. The Kier molecular flexibility index (Phi) is 7.65. The molecule has 4 N–H and O–H groups in total. The molecule has 1 aliphatic rings. The van der Waals surface area contributed by atoms with Gasteiger partial charge in [0.25, 0.3) is 11.8 Å². The minimum atomic E-state index is -0.171. The molecule has 2 aromatic carbocycles. The number of amides is 2. The van der Waals surface area contributed by atoms with Crippen molar-refractivity contribution in [2.24, 2.45) is 0 Å². The number of hydrogen-bond donors (Lipinski definition) is 4. The molecule has 1 atom stereocenters. The van der Waals surface area contributed by atoms with Crippen molar-refractivity contribution < 1.29 is 24.1 Å². The van der Waals surface area contributed by atoms with Gasteiger partial charge in [0.05, 0.1) is 12.8 Å². The molecular formula is C24H34N4O3+2. The zero-order valence-corrected chi connectivity index (χ0v) is 18.9. The minimum Gasteiger partial charge on any atom is -0.495 e. The number of hydrogen-bond acceptors (Lipinski definition) is 3. The van der Waals surface area contributed by atoms with E-state index in [1.165, 1.54) is 9.80 Å². The molecule has 0 unspecified atom stereocenters. The number of piperazine rings is 1. The molecule has 2 amide bonds. The van der Waals surface area contributed by atoms with E-state index in [4.69, 9.17) is 4.74 Å². The largest absolute Gasteiger partial charge is 0.495 e. The number of para-hydroxylation sites is 3. The second-order valence-corrected chi connectivity index (χ2v) is 8.31. The summed E-state index contributed by atoms with van der Waals surface area (Å²) in [5.41, 5.74) is 3.76. The van der Waals surface area contributed by atoms with Gasteiger partial charge in [0.2, 0.25) is 0 Å². The Morgan fingerprint density at radius 3 is 2.26 bits per heavy atom. The van der Waals surface area contributed by atoms with Crippen molar-refractivity contribution in [3.63, 3.8) is 0 Å². The number of carbonyl (C=O) groups excluding carboxylic acids is 2. The van der Waals surface area contributed by atoms with Crippen molar-refractivity contribution in [1.29, 1.82) is 0 Å². The van der Waals surface area contributed by atoms with Crippen LogP contribution in [0.2, 0.25) is 0 Å². The maximum atomic E-state index is 12.7. The van der Waals surface area contributed by atoms with Gasteiger partial charge in [-0.05, 0) is 44.0 Å². The molecule has 0 saturated carbocycles. The molecule has 1 saturated heterocycles. The van der Waals surface area contributed by atoms with Crippen molar-refractivity contribution in [3.8, 4) is 5.75 Å². The molecule has 0 bridgehead atoms. The van der Waals surface area contributed by atoms with E-state index in [1.54, 1.807) is 7.11 Å². The molecule has 1 fully saturated rings. The van der Waals surface area contributed by atoms with Crippen molar-refractivity contribution in [1.82, 2.24) is 0 Å². The van der Waals surface area contributed by atoms with Crippen LogP contribution in [0.5, 0.6) is 5.75 Å². The van der Waals surface area contributed by atoms with E-state index in [0.717, 1.165) is 43.0 Å². The lowest BCUT2D eigenvalue weighted by Gasteiger charge is -2.32. The lowest BCUT2D eigenvalue weighted by atomic mass is 10.1. The van der Waals surface area contributed by atoms with Gasteiger partial charge in [-0.15, -0.1) is 0 Å². The molecule has 2 aromatic rings. The fraction of sp³-hybridized carbons (Fsp3) is 0.417. The van der Waals surface area contributed by atoms with Crippen LogP contribution in [-0.4, -0.2) is 57.7 Å². The maximum Gasteiger partial charge on any atom is 0.282 e. The predicted octanol–water partition coefficient (Wildman–Crippen LogP) is 0.0611. The second-order valence-electron chi connectivity index (χ2n) is 8.31. The molecule has 0 aromatic heterocycles. The second kappa shape index (κ2) is 10.4. The normalized spacial score (nSPS) is 19.4. The zero-order valence-electron chi connectivity index (χ0n) is 18.9. The van der Waals surface area contributed by atoms with E-state index in [1.807, 2.05) is 63.2 Å². The molecule has 1 aliphatic heterocycles. The quantitative estimate of drug-likeness (QED) is 0.506. The third-order valence-electron chi connectivity index (χ3n) is 6.13. The number of methoxy groups -OCH3 is 1. The Labute approximate surface area is 184 Å². The number of quaternary nitrogens is 2. The first-order chi connectivity index (χ1) is 14.9. The fourth-order valence-electron chi connectivity index (χ4n) is 4.13. The van der Waals surface area contributed by atoms with Gasteiger partial charge in [-0.25, -0.2) is 0 Å². The van der Waals surface area contributed by atoms with E-state index in [-0.39, 0.29) is 17.9 Å². The van der Waals surface area contributed by atoms with Gasteiger partial charge in [-0.2, -0.15) is 0 Å². The monoisotopic (exact) mass is 426 g/mol. The molecular weight excluding hydrogens is 392 g/mol. The highest BCUT2D eigenvalue weighted by Gasteiger charge is 2.32. The van der Waals surface area contributed by atoms with E-state index in [9.17, 15) is 9.59 Å². The van der Waals surface area contributed by atoms with Crippen LogP contribution in [0.4, 0.5) is 11.4 Å². The van der Waals surface area contributed by atoms with E-state index in [2.05, 4.69) is 10.6 Å². The Hall–Kier alpha value is -2.90. The van der Waals surface area contributed by atoms with Crippen LogP contribution in [0.15, 0.2) is 42.5 Å². The highest BCUT2D eigenvalue weighted by molar-refractivity contribution is 5.95. The van der Waals surface area contributed by atoms with Crippen LogP contribution in [0, 0.1) is 13.8 Å². The molecule has 0 aliphatic carbocycles. The van der Waals surface area contributed by atoms with E-state index >= 15 is 0 Å². The summed E-state index contributed by atoms with van der Waals surface area (Å²) in [5.74, 6) is 0.677. The molecule has 0 spiro atoms. The van der Waals surface area contributed by atoms with Crippen molar-refractivity contribution in [3.05, 3.63) is 53.6 Å². The number of benzene rings is 2. The lowest BCUT2D eigenvalue weighted by molar-refractivity contribution is -1.01. The van der Waals surface area contributed by atoms with Gasteiger partial charge in [0, 0.05) is 5.69 Å². The summed E-state index contributed by atoms with van der Waals surface area (Å²) in [7, 11) is 1.60. The highest BCUT2D eigenvalue weighted by Crippen LogP contribution is 2.23. The number of anilines is 2. The Balaban J connectivity index is 1.48. The molecule has 166 valence electrons. The van der Waals surface area contributed by atoms with E-state index < -0.39 is 0 Å². The number of nitrogens with one attached hydrogen (secondary N) is 4. The summed E-state index contributed by atoms with van der Waals surface area (Å²) in [6.45, 7) is 9.86. The smallest absolute Gasteiger partial charge is 0.282 e. The van der Waals surface area contributed by atoms with Gasteiger partial charge in [-0.1, -0.05) is 30.3 Å². The Bertz CT molecular complexity index is 903. The van der Waals surface area contributed by atoms with Crippen LogP contribution in [0.25, 0.3) is 0 Å². The van der Waals surface area contributed by atoms with Gasteiger partial charge in [-0.3, -0.25) is 9.59 Å². The van der Waals surface area contributed by atoms with Crippen LogP contribution >= 0.6 is 0 Å². The van der Waals surface area contributed by atoms with Crippen LogP contribution in [-0.2, 0) is 9.59 Å². The standard InChI is InChI=1S/C24H32N4O3/c1-17-8-7-9-18(2)23(17)26-22(29)16-27-12-14-28(15-13-27)19(3)24(30)25-20-10-5-6-11-21(20)31-4/h5-11,19H,12-16H2,1-4H3,(H,25,30)(H,26,29)/p+2/t19-/m1/s1. The Morgan fingerprint density at radius 2 is 1.61 bits per heavy atom. The number of carbonyl (C=O) groups is 2. The minimum absolute atomic E-state index is 0.0179. The summed E-state index contributed by atoms with van der Waals surface area (Å²) in [4.78, 5) is 27.8. The fourth-order valence-corrected chi connectivity index (χ4v) is 4.13. The van der Waals surface area contributed by atoms with Crippen molar-refractivity contribution >= 4 is 23.2 Å². The predicted molar refractivity (Wildman–Crippen MR) is 122 cm³/mol. The average molecular weight is 427 g/mol. The molecule has 0 radical (unpaired) electrons. The number of aryl methyl sites for hydroxylation is 2. The number of rotatable bonds is 7. The number of ether oxygens (including phenoxy) is 1. The third-order valence-corrected chi connectivity index (χ3v) is 6.13. The average Bonchev–Trinajstić information content (AvgIpc) is 2.77. The zero-order chi connectivity index (χ0) is 22.4. The summed E-state index contributed by atoms with van der Waals surface area (Å²) >= 11 is 0. The van der Waals surface area contributed by atoms with Gasteiger partial charge < -0.3 is 25.2 Å². The Morgan fingerprint density at radius 1 is 0.968 bits per heavy atom. The maximum absolute atomic E-state index is 12.7. The summed E-state index contributed by atoms with van der Waals surface area (Å²) in [6, 6.07) is 13.3. The molecule has 3 rings (SSSR count). The lowest BCUT2D eigenvalue weighted by Crippen LogP contribution is -3.30. The molecule has 7 nitrogen and oxygen atoms in total. The highest BCUT2D eigenvalue weighted by atomic mass is 16.5. The summed E-state index contributed by atoms with van der Waals surface area (Å²) in [6.07, 6.45) is 0. The first-order valence-corrected chi connectivity index (χ1v) is 10.9. The van der Waals surface area contributed by atoms with E-state index in [0.29, 0.717) is 18.0 Å². The van der Waals surface area contributed by atoms with Crippen molar-refractivity contribution in [2.75, 3.05) is 50.5 Å². The summed E-state index contributed by atoms with van der Waals surface area (Å²) in [5, 5.41) is 6.06.